The molecule has 0 amide bonds. The van der Waals surface area contributed by atoms with Gasteiger partial charge in [-0.1, -0.05) is 68.1 Å². The molecule has 0 unspecified atom stereocenters. The number of thioether (sulfide) groups is 1. The van der Waals surface area contributed by atoms with Gasteiger partial charge in [0.25, 0.3) is 0 Å². The second kappa shape index (κ2) is 8.39. The maximum absolute atomic E-state index is 12.9. The van der Waals surface area contributed by atoms with E-state index in [1.165, 1.54) is 29.5 Å². The monoisotopic (exact) mass is 405 g/mol. The van der Waals surface area contributed by atoms with Crippen LogP contribution in [0.3, 0.4) is 0 Å². The van der Waals surface area contributed by atoms with Crippen molar-refractivity contribution in [3.05, 3.63) is 65.2 Å². The Bertz CT molecular complexity index is 931. The first-order valence-electron chi connectivity index (χ1n) is 9.12. The molecule has 3 rings (SSSR count). The van der Waals surface area contributed by atoms with Gasteiger partial charge in [0.15, 0.2) is 11.0 Å². The zero-order valence-electron chi connectivity index (χ0n) is 16.0. The average Bonchev–Trinajstić information content (AvgIpc) is 3.09. The smallest absolute Gasteiger partial charge is 0.302 e. The SMILES string of the molecule is CCn1c(SCc2cccc(C(F)(F)F)c2)nnc1-c1ccc(C(C)C)cc1. The van der Waals surface area contributed by atoms with E-state index in [4.69, 9.17) is 0 Å². The summed E-state index contributed by atoms with van der Waals surface area (Å²) in [5.74, 6) is 1.62. The normalized spacial score (nSPS) is 12.0. The van der Waals surface area contributed by atoms with E-state index in [9.17, 15) is 13.2 Å². The molecule has 2 aromatic carbocycles. The molecule has 0 radical (unpaired) electrons. The second-order valence-electron chi connectivity index (χ2n) is 6.81. The highest BCUT2D eigenvalue weighted by Gasteiger charge is 2.30. The summed E-state index contributed by atoms with van der Waals surface area (Å²) in [6.07, 6.45) is -4.33. The molecule has 28 heavy (non-hydrogen) atoms. The summed E-state index contributed by atoms with van der Waals surface area (Å²) in [5, 5.41) is 9.27. The highest BCUT2D eigenvalue weighted by Crippen LogP contribution is 2.32. The van der Waals surface area contributed by atoms with Crippen LogP contribution in [0, 0.1) is 0 Å². The van der Waals surface area contributed by atoms with Crippen molar-refractivity contribution in [1.29, 1.82) is 0 Å². The van der Waals surface area contributed by atoms with Crippen molar-refractivity contribution < 1.29 is 13.2 Å². The first-order valence-corrected chi connectivity index (χ1v) is 10.1. The summed E-state index contributed by atoms with van der Waals surface area (Å²) in [5.41, 5.74) is 2.21. The number of aromatic nitrogens is 3. The third-order valence-corrected chi connectivity index (χ3v) is 5.53. The van der Waals surface area contributed by atoms with Crippen molar-refractivity contribution in [2.75, 3.05) is 0 Å². The quantitative estimate of drug-likeness (QED) is 0.445. The number of benzene rings is 2. The lowest BCUT2D eigenvalue weighted by molar-refractivity contribution is -0.137. The molecule has 0 saturated carbocycles. The molecule has 0 atom stereocenters. The fraction of sp³-hybridized carbons (Fsp3) is 0.333. The Morgan fingerprint density at radius 2 is 1.75 bits per heavy atom. The molecule has 1 aromatic heterocycles. The van der Waals surface area contributed by atoms with Gasteiger partial charge in [0, 0.05) is 17.9 Å². The van der Waals surface area contributed by atoms with Gasteiger partial charge in [0.2, 0.25) is 0 Å². The van der Waals surface area contributed by atoms with Crippen molar-refractivity contribution in [1.82, 2.24) is 14.8 Å². The lowest BCUT2D eigenvalue weighted by atomic mass is 10.0. The van der Waals surface area contributed by atoms with Gasteiger partial charge < -0.3 is 4.57 Å². The van der Waals surface area contributed by atoms with Gasteiger partial charge in [-0.2, -0.15) is 13.2 Å². The molecular weight excluding hydrogens is 383 g/mol. The van der Waals surface area contributed by atoms with Crippen LogP contribution in [0.2, 0.25) is 0 Å². The van der Waals surface area contributed by atoms with Crippen molar-refractivity contribution in [2.45, 2.75) is 50.3 Å². The van der Waals surface area contributed by atoms with Gasteiger partial charge in [-0.15, -0.1) is 10.2 Å². The molecule has 0 aliphatic heterocycles. The van der Waals surface area contributed by atoms with Crippen LogP contribution in [0.4, 0.5) is 13.2 Å². The molecule has 1 heterocycles. The molecule has 0 fully saturated rings. The average molecular weight is 405 g/mol. The Morgan fingerprint density at radius 1 is 1.04 bits per heavy atom. The third kappa shape index (κ3) is 4.58. The van der Waals surface area contributed by atoms with Gasteiger partial charge in [-0.05, 0) is 30.0 Å². The molecule has 3 nitrogen and oxygen atoms in total. The maximum atomic E-state index is 12.9. The largest absolute Gasteiger partial charge is 0.416 e. The topological polar surface area (TPSA) is 30.7 Å². The molecule has 148 valence electrons. The number of hydrogen-bond acceptors (Lipinski definition) is 3. The lowest BCUT2D eigenvalue weighted by Crippen LogP contribution is -2.05. The molecule has 0 saturated heterocycles. The zero-order valence-corrected chi connectivity index (χ0v) is 16.8. The summed E-state index contributed by atoms with van der Waals surface area (Å²) in [6, 6.07) is 13.6. The van der Waals surface area contributed by atoms with Crippen LogP contribution in [-0.4, -0.2) is 14.8 Å². The summed E-state index contributed by atoms with van der Waals surface area (Å²) in [6.45, 7) is 6.97. The van der Waals surface area contributed by atoms with E-state index in [1.54, 1.807) is 6.07 Å². The first kappa shape index (κ1) is 20.5. The molecule has 0 bridgehead atoms. The third-order valence-electron chi connectivity index (χ3n) is 4.49. The second-order valence-corrected chi connectivity index (χ2v) is 7.76. The van der Waals surface area contributed by atoms with Crippen LogP contribution in [0.15, 0.2) is 53.7 Å². The molecule has 3 aromatic rings. The van der Waals surface area contributed by atoms with Crippen LogP contribution >= 0.6 is 11.8 Å². The zero-order chi connectivity index (χ0) is 20.3. The summed E-state index contributed by atoms with van der Waals surface area (Å²) < 4.78 is 40.6. The van der Waals surface area contributed by atoms with Gasteiger partial charge >= 0.3 is 6.18 Å². The Labute approximate surface area is 167 Å². The molecule has 0 aliphatic rings. The van der Waals surface area contributed by atoms with Crippen LogP contribution in [0.25, 0.3) is 11.4 Å². The summed E-state index contributed by atoms with van der Waals surface area (Å²) in [7, 11) is 0. The fourth-order valence-corrected chi connectivity index (χ4v) is 3.84. The fourth-order valence-electron chi connectivity index (χ4n) is 2.90. The Morgan fingerprint density at radius 3 is 2.36 bits per heavy atom. The van der Waals surface area contributed by atoms with E-state index in [0.29, 0.717) is 28.9 Å². The van der Waals surface area contributed by atoms with Crippen molar-refractivity contribution in [3.8, 4) is 11.4 Å². The molecular formula is C21H22F3N3S. The van der Waals surface area contributed by atoms with Crippen molar-refractivity contribution in [3.63, 3.8) is 0 Å². The maximum Gasteiger partial charge on any atom is 0.416 e. The number of hydrogen-bond donors (Lipinski definition) is 0. The standard InChI is InChI=1S/C21H22F3N3S/c1-4-27-19(17-10-8-16(9-11-17)14(2)3)25-26-20(27)28-13-15-6-5-7-18(12-15)21(22,23)24/h5-12,14H,4,13H2,1-3H3. The highest BCUT2D eigenvalue weighted by atomic mass is 32.2. The molecule has 0 spiro atoms. The van der Waals surface area contributed by atoms with Crippen LogP contribution in [0.5, 0.6) is 0 Å². The lowest BCUT2D eigenvalue weighted by Gasteiger charge is -2.10. The number of rotatable bonds is 6. The van der Waals surface area contributed by atoms with E-state index >= 15 is 0 Å². The van der Waals surface area contributed by atoms with E-state index in [0.717, 1.165) is 17.5 Å². The highest BCUT2D eigenvalue weighted by molar-refractivity contribution is 7.98. The number of halogens is 3. The minimum absolute atomic E-state index is 0.397. The van der Waals surface area contributed by atoms with Gasteiger partial charge in [0.1, 0.15) is 0 Å². The van der Waals surface area contributed by atoms with Crippen LogP contribution < -0.4 is 0 Å². The Balaban J connectivity index is 1.79. The minimum atomic E-state index is -4.33. The summed E-state index contributed by atoms with van der Waals surface area (Å²) >= 11 is 1.39. The van der Waals surface area contributed by atoms with E-state index in [2.05, 4.69) is 36.2 Å². The number of alkyl halides is 3. The minimum Gasteiger partial charge on any atom is -0.302 e. The summed E-state index contributed by atoms with van der Waals surface area (Å²) in [4.78, 5) is 0. The molecule has 0 aliphatic carbocycles. The molecule has 7 heteroatoms. The predicted octanol–water partition coefficient (Wildman–Crippen LogP) is 6.40. The van der Waals surface area contributed by atoms with Gasteiger partial charge in [-0.25, -0.2) is 0 Å². The van der Waals surface area contributed by atoms with Crippen LogP contribution in [-0.2, 0) is 18.5 Å². The van der Waals surface area contributed by atoms with E-state index < -0.39 is 11.7 Å². The van der Waals surface area contributed by atoms with Gasteiger partial charge in [0.05, 0.1) is 5.56 Å². The van der Waals surface area contributed by atoms with E-state index in [-0.39, 0.29) is 0 Å². The number of nitrogens with zero attached hydrogens (tertiary/aromatic N) is 3. The van der Waals surface area contributed by atoms with Crippen molar-refractivity contribution in [2.24, 2.45) is 0 Å². The predicted molar refractivity (Wildman–Crippen MR) is 106 cm³/mol. The van der Waals surface area contributed by atoms with Crippen molar-refractivity contribution >= 4 is 11.8 Å². The van der Waals surface area contributed by atoms with Gasteiger partial charge in [-0.3, -0.25) is 0 Å². The molecule has 0 N–H and O–H groups in total. The van der Waals surface area contributed by atoms with E-state index in [1.807, 2.05) is 23.6 Å². The van der Waals surface area contributed by atoms with Crippen LogP contribution in [0.1, 0.15) is 43.4 Å². The Hall–Kier alpha value is -2.28. The first-order chi connectivity index (χ1) is 13.3. The Kier molecular flexibility index (Phi) is 6.13.